The first-order valence-electron chi connectivity index (χ1n) is 10.4. The predicted octanol–water partition coefficient (Wildman–Crippen LogP) is 2.16. The first kappa shape index (κ1) is 21.2. The van der Waals surface area contributed by atoms with Crippen LogP contribution in [0.2, 0.25) is 0 Å². The molecule has 2 aromatic rings. The lowest BCUT2D eigenvalue weighted by atomic mass is 10.3. The fourth-order valence-electron chi connectivity index (χ4n) is 3.05. The Labute approximate surface area is 173 Å². The van der Waals surface area contributed by atoms with Gasteiger partial charge >= 0.3 is 0 Å². The van der Waals surface area contributed by atoms with Gasteiger partial charge in [0.1, 0.15) is 11.5 Å². The number of aliphatic imine (C=N–C) groups is 1. The molecular weight excluding hydrogens is 368 g/mol. The molecule has 0 bridgehead atoms. The summed E-state index contributed by atoms with van der Waals surface area (Å²) in [5.41, 5.74) is 0. The number of guanidine groups is 1. The maximum absolute atomic E-state index is 5.74. The van der Waals surface area contributed by atoms with Crippen LogP contribution in [0.4, 0.5) is 0 Å². The van der Waals surface area contributed by atoms with E-state index in [-0.39, 0.29) is 0 Å². The summed E-state index contributed by atoms with van der Waals surface area (Å²) < 4.78 is 16.5. The standard InChI is InChI=1S/C22H32N4O3/c1-2-6-20(7-3-1)29-17-5-10-23-22(24-11-9-21-8-4-16-28-21)25-12-13-26-14-18-27-19-15-26/h1-4,6-8,16H,5,9-15,17-19H2,(H2,23,24,25). The van der Waals surface area contributed by atoms with E-state index in [2.05, 4.69) is 15.5 Å². The van der Waals surface area contributed by atoms with Crippen LogP contribution in [0.3, 0.4) is 0 Å². The summed E-state index contributed by atoms with van der Waals surface area (Å²) in [7, 11) is 0. The number of hydrogen-bond acceptors (Lipinski definition) is 5. The molecule has 1 fully saturated rings. The lowest BCUT2D eigenvalue weighted by Crippen LogP contribution is -2.44. The third kappa shape index (κ3) is 8.58. The summed E-state index contributed by atoms with van der Waals surface area (Å²) in [6.07, 6.45) is 3.40. The number of benzene rings is 1. The van der Waals surface area contributed by atoms with Gasteiger partial charge in [0.25, 0.3) is 0 Å². The fourth-order valence-corrected chi connectivity index (χ4v) is 3.05. The van der Waals surface area contributed by atoms with Gasteiger partial charge in [0, 0.05) is 52.1 Å². The zero-order valence-corrected chi connectivity index (χ0v) is 17.0. The summed E-state index contributed by atoms with van der Waals surface area (Å²) in [6, 6.07) is 13.8. The van der Waals surface area contributed by atoms with Gasteiger partial charge in [0.15, 0.2) is 5.96 Å². The molecule has 7 nitrogen and oxygen atoms in total. The van der Waals surface area contributed by atoms with Crippen LogP contribution in [0.1, 0.15) is 12.2 Å². The van der Waals surface area contributed by atoms with Crippen molar-refractivity contribution in [2.24, 2.45) is 4.99 Å². The first-order chi connectivity index (χ1) is 14.4. The summed E-state index contributed by atoms with van der Waals surface area (Å²) >= 11 is 0. The molecule has 1 aromatic carbocycles. The number of hydrogen-bond donors (Lipinski definition) is 2. The van der Waals surface area contributed by atoms with Crippen molar-refractivity contribution < 1.29 is 13.9 Å². The second-order valence-corrected chi connectivity index (χ2v) is 6.88. The highest BCUT2D eigenvalue weighted by molar-refractivity contribution is 5.79. The zero-order chi connectivity index (χ0) is 20.0. The van der Waals surface area contributed by atoms with Crippen molar-refractivity contribution in [3.63, 3.8) is 0 Å². The molecule has 29 heavy (non-hydrogen) atoms. The quantitative estimate of drug-likeness (QED) is 0.342. The molecule has 2 heterocycles. The highest BCUT2D eigenvalue weighted by Crippen LogP contribution is 2.08. The highest BCUT2D eigenvalue weighted by Gasteiger charge is 2.09. The van der Waals surface area contributed by atoms with Gasteiger partial charge in [0.05, 0.1) is 26.1 Å². The Hall–Kier alpha value is -2.51. The molecule has 2 N–H and O–H groups in total. The molecule has 0 saturated carbocycles. The Morgan fingerprint density at radius 2 is 1.86 bits per heavy atom. The Morgan fingerprint density at radius 3 is 2.66 bits per heavy atom. The average Bonchev–Trinajstić information content (AvgIpc) is 3.28. The van der Waals surface area contributed by atoms with Crippen molar-refractivity contribution >= 4 is 5.96 Å². The van der Waals surface area contributed by atoms with E-state index in [0.29, 0.717) is 13.2 Å². The highest BCUT2D eigenvalue weighted by atomic mass is 16.5. The second kappa shape index (κ2) is 12.9. The van der Waals surface area contributed by atoms with Crippen LogP contribution in [0.15, 0.2) is 58.1 Å². The molecule has 0 amide bonds. The van der Waals surface area contributed by atoms with Crippen LogP contribution < -0.4 is 15.4 Å². The summed E-state index contributed by atoms with van der Waals surface area (Å²) in [4.78, 5) is 7.10. The molecule has 7 heteroatoms. The molecule has 0 unspecified atom stereocenters. The van der Waals surface area contributed by atoms with Crippen molar-refractivity contribution in [2.45, 2.75) is 12.8 Å². The van der Waals surface area contributed by atoms with Gasteiger partial charge < -0.3 is 24.5 Å². The largest absolute Gasteiger partial charge is 0.494 e. The summed E-state index contributed by atoms with van der Waals surface area (Å²) in [5.74, 6) is 2.71. The van der Waals surface area contributed by atoms with Gasteiger partial charge in [-0.15, -0.1) is 0 Å². The van der Waals surface area contributed by atoms with Gasteiger partial charge in [-0.2, -0.15) is 0 Å². The van der Waals surface area contributed by atoms with E-state index in [1.165, 1.54) is 0 Å². The topological polar surface area (TPSA) is 71.3 Å². The molecule has 0 radical (unpaired) electrons. The Kier molecular flexibility index (Phi) is 9.40. The van der Waals surface area contributed by atoms with Gasteiger partial charge in [-0.1, -0.05) is 18.2 Å². The lowest BCUT2D eigenvalue weighted by Gasteiger charge is -2.26. The van der Waals surface area contributed by atoms with E-state index < -0.39 is 0 Å². The van der Waals surface area contributed by atoms with Crippen molar-refractivity contribution in [3.8, 4) is 5.75 Å². The smallest absolute Gasteiger partial charge is 0.191 e. The Balaban J connectivity index is 1.38. The number of nitrogens with one attached hydrogen (secondary N) is 2. The molecular formula is C22H32N4O3. The number of ether oxygens (including phenoxy) is 2. The predicted molar refractivity (Wildman–Crippen MR) is 115 cm³/mol. The fraction of sp³-hybridized carbons (Fsp3) is 0.500. The summed E-state index contributed by atoms with van der Waals surface area (Å²) in [6.45, 7) is 7.62. The lowest BCUT2D eigenvalue weighted by molar-refractivity contribution is 0.0389. The van der Waals surface area contributed by atoms with Gasteiger partial charge in [-0.25, -0.2) is 0 Å². The van der Waals surface area contributed by atoms with Gasteiger partial charge in [-0.05, 0) is 24.3 Å². The normalized spacial score (nSPS) is 15.2. The minimum Gasteiger partial charge on any atom is -0.494 e. The molecule has 0 spiro atoms. The van der Waals surface area contributed by atoms with Crippen LogP contribution in [0, 0.1) is 0 Å². The molecule has 3 rings (SSSR count). The Morgan fingerprint density at radius 1 is 1.03 bits per heavy atom. The van der Waals surface area contributed by atoms with Crippen LogP contribution in [-0.4, -0.2) is 69.9 Å². The SMILES string of the molecule is c1ccc(OCCCN=C(NCCc2ccco2)NCCN2CCOCC2)cc1. The Bertz CT molecular complexity index is 685. The maximum Gasteiger partial charge on any atom is 0.191 e. The third-order valence-electron chi connectivity index (χ3n) is 4.65. The minimum absolute atomic E-state index is 0.654. The number of nitrogens with zero attached hydrogens (tertiary/aromatic N) is 2. The first-order valence-corrected chi connectivity index (χ1v) is 10.4. The molecule has 1 saturated heterocycles. The van der Waals surface area contributed by atoms with E-state index >= 15 is 0 Å². The van der Waals surface area contributed by atoms with Crippen LogP contribution in [0.5, 0.6) is 5.75 Å². The van der Waals surface area contributed by atoms with Gasteiger partial charge in [0.2, 0.25) is 0 Å². The average molecular weight is 401 g/mol. The molecule has 1 aliphatic rings. The maximum atomic E-state index is 5.74. The van der Waals surface area contributed by atoms with E-state index in [1.54, 1.807) is 6.26 Å². The van der Waals surface area contributed by atoms with E-state index in [1.807, 2.05) is 42.5 Å². The molecule has 1 aromatic heterocycles. The van der Waals surface area contributed by atoms with E-state index in [0.717, 1.165) is 76.2 Å². The summed E-state index contributed by atoms with van der Waals surface area (Å²) in [5, 5.41) is 6.84. The number of morpholine rings is 1. The third-order valence-corrected chi connectivity index (χ3v) is 4.65. The van der Waals surface area contributed by atoms with E-state index in [4.69, 9.17) is 18.9 Å². The monoisotopic (exact) mass is 400 g/mol. The van der Waals surface area contributed by atoms with Crippen molar-refractivity contribution in [1.29, 1.82) is 0 Å². The van der Waals surface area contributed by atoms with Crippen LogP contribution in [-0.2, 0) is 11.2 Å². The zero-order valence-electron chi connectivity index (χ0n) is 17.0. The van der Waals surface area contributed by atoms with Crippen molar-refractivity contribution in [2.75, 3.05) is 59.1 Å². The van der Waals surface area contributed by atoms with Crippen molar-refractivity contribution in [3.05, 3.63) is 54.5 Å². The number of furan rings is 1. The number of rotatable bonds is 11. The molecule has 158 valence electrons. The van der Waals surface area contributed by atoms with Crippen LogP contribution in [0.25, 0.3) is 0 Å². The molecule has 1 aliphatic heterocycles. The second-order valence-electron chi connectivity index (χ2n) is 6.88. The molecule has 0 atom stereocenters. The van der Waals surface area contributed by atoms with E-state index in [9.17, 15) is 0 Å². The minimum atomic E-state index is 0.654. The van der Waals surface area contributed by atoms with Gasteiger partial charge in [-0.3, -0.25) is 9.89 Å². The number of para-hydroxylation sites is 1. The van der Waals surface area contributed by atoms with Crippen molar-refractivity contribution in [1.82, 2.24) is 15.5 Å². The van der Waals surface area contributed by atoms with Crippen LogP contribution >= 0.6 is 0 Å². The molecule has 0 aliphatic carbocycles.